The Bertz CT molecular complexity index is 919. The molecule has 1 aromatic carbocycles. The third-order valence-electron chi connectivity index (χ3n) is 4.55. The quantitative estimate of drug-likeness (QED) is 0.659. The Kier molecular flexibility index (Phi) is 4.62. The Balaban J connectivity index is 1.33. The summed E-state index contributed by atoms with van der Waals surface area (Å²) in [6.45, 7) is 1.67. The van der Waals surface area contributed by atoms with E-state index < -0.39 is 0 Å². The minimum atomic E-state index is -0.208. The zero-order valence-corrected chi connectivity index (χ0v) is 14.8. The number of nitrogens with one attached hydrogen (secondary N) is 3. The lowest BCUT2D eigenvalue weighted by Gasteiger charge is -2.33. The van der Waals surface area contributed by atoms with E-state index in [0.717, 1.165) is 42.8 Å². The van der Waals surface area contributed by atoms with E-state index in [4.69, 9.17) is 11.6 Å². The van der Waals surface area contributed by atoms with E-state index >= 15 is 0 Å². The van der Waals surface area contributed by atoms with Crippen molar-refractivity contribution in [2.45, 2.75) is 18.9 Å². The summed E-state index contributed by atoms with van der Waals surface area (Å²) in [6, 6.07) is 9.03. The first-order valence-corrected chi connectivity index (χ1v) is 8.93. The highest BCUT2D eigenvalue weighted by Gasteiger charge is 2.23. The van der Waals surface area contributed by atoms with Crippen LogP contribution < -0.4 is 15.5 Å². The fourth-order valence-corrected chi connectivity index (χ4v) is 3.46. The van der Waals surface area contributed by atoms with Crippen LogP contribution in [0.15, 0.2) is 42.9 Å². The van der Waals surface area contributed by atoms with Crippen molar-refractivity contribution >= 4 is 40.2 Å². The van der Waals surface area contributed by atoms with Gasteiger partial charge in [-0.15, -0.1) is 0 Å². The summed E-state index contributed by atoms with van der Waals surface area (Å²) >= 11 is 5.94. The van der Waals surface area contributed by atoms with Crippen molar-refractivity contribution in [3.63, 3.8) is 0 Å². The van der Waals surface area contributed by atoms with Gasteiger partial charge in [0.25, 0.3) is 0 Å². The first kappa shape index (κ1) is 16.7. The summed E-state index contributed by atoms with van der Waals surface area (Å²) in [4.78, 5) is 26.2. The molecule has 3 N–H and O–H groups in total. The molecule has 1 aliphatic heterocycles. The molecular formula is C18H19ClN6O. The number of piperidine rings is 1. The average Bonchev–Trinajstić information content (AvgIpc) is 3.11. The highest BCUT2D eigenvalue weighted by molar-refractivity contribution is 6.30. The van der Waals surface area contributed by atoms with Crippen molar-refractivity contribution in [1.29, 1.82) is 0 Å². The molecule has 26 heavy (non-hydrogen) atoms. The molecule has 3 heterocycles. The fourth-order valence-electron chi connectivity index (χ4n) is 3.27. The lowest BCUT2D eigenvalue weighted by atomic mass is 10.1. The summed E-state index contributed by atoms with van der Waals surface area (Å²) < 4.78 is 0. The van der Waals surface area contributed by atoms with E-state index in [9.17, 15) is 4.79 Å². The molecule has 1 saturated heterocycles. The van der Waals surface area contributed by atoms with E-state index in [1.807, 2.05) is 18.3 Å². The number of amides is 2. The molecule has 7 nitrogen and oxygen atoms in total. The predicted molar refractivity (Wildman–Crippen MR) is 103 cm³/mol. The van der Waals surface area contributed by atoms with Gasteiger partial charge in [-0.2, -0.15) is 0 Å². The minimum absolute atomic E-state index is 0.133. The summed E-state index contributed by atoms with van der Waals surface area (Å²) in [7, 11) is 0. The lowest BCUT2D eigenvalue weighted by Crippen LogP contribution is -2.46. The molecule has 2 amide bonds. The van der Waals surface area contributed by atoms with Crippen molar-refractivity contribution in [1.82, 2.24) is 20.3 Å². The molecule has 4 rings (SSSR count). The molecule has 0 spiro atoms. The topological polar surface area (TPSA) is 85.9 Å². The standard InChI is InChI=1S/C18H19ClN6O/c19-12-2-1-3-14(10-12)24-18(26)23-13-5-8-25(9-6-13)17-15-4-7-20-16(15)21-11-22-17/h1-4,7,10-11,13H,5-6,8-9H2,(H,20,21,22)(H2,23,24,26). The van der Waals surface area contributed by atoms with E-state index in [-0.39, 0.29) is 12.1 Å². The van der Waals surface area contributed by atoms with Crippen molar-refractivity contribution in [2.24, 2.45) is 0 Å². The molecule has 0 aliphatic carbocycles. The first-order chi connectivity index (χ1) is 12.7. The smallest absolute Gasteiger partial charge is 0.319 e. The van der Waals surface area contributed by atoms with Gasteiger partial charge in [0, 0.05) is 36.0 Å². The number of carbonyl (C=O) groups is 1. The lowest BCUT2D eigenvalue weighted by molar-refractivity contribution is 0.246. The highest BCUT2D eigenvalue weighted by Crippen LogP contribution is 2.25. The second kappa shape index (κ2) is 7.21. The van der Waals surface area contributed by atoms with Gasteiger partial charge >= 0.3 is 6.03 Å². The number of carbonyl (C=O) groups excluding carboxylic acids is 1. The molecule has 0 bridgehead atoms. The second-order valence-corrected chi connectivity index (χ2v) is 6.74. The molecule has 1 aliphatic rings. The number of aromatic amines is 1. The van der Waals surface area contributed by atoms with Gasteiger partial charge in [0.15, 0.2) is 0 Å². The minimum Gasteiger partial charge on any atom is -0.356 e. The molecular weight excluding hydrogens is 352 g/mol. The van der Waals surface area contributed by atoms with Crippen LogP contribution in [0.2, 0.25) is 5.02 Å². The van der Waals surface area contributed by atoms with Gasteiger partial charge in [-0.3, -0.25) is 0 Å². The number of hydrogen-bond acceptors (Lipinski definition) is 4. The van der Waals surface area contributed by atoms with Gasteiger partial charge in [-0.1, -0.05) is 17.7 Å². The maximum absolute atomic E-state index is 12.2. The third kappa shape index (κ3) is 3.57. The molecule has 0 unspecified atom stereocenters. The molecule has 2 aromatic heterocycles. The number of benzene rings is 1. The summed E-state index contributed by atoms with van der Waals surface area (Å²) in [5, 5.41) is 7.47. The Morgan fingerprint density at radius 1 is 1.23 bits per heavy atom. The van der Waals surface area contributed by atoms with Crippen LogP contribution in [0.4, 0.5) is 16.3 Å². The molecule has 134 valence electrons. The van der Waals surface area contributed by atoms with Gasteiger partial charge in [0.1, 0.15) is 17.8 Å². The van der Waals surface area contributed by atoms with Crippen molar-refractivity contribution in [2.75, 3.05) is 23.3 Å². The van der Waals surface area contributed by atoms with Gasteiger partial charge < -0.3 is 20.5 Å². The van der Waals surface area contributed by atoms with E-state index in [0.29, 0.717) is 10.7 Å². The zero-order chi connectivity index (χ0) is 17.9. The summed E-state index contributed by atoms with van der Waals surface area (Å²) in [5.74, 6) is 0.943. The largest absolute Gasteiger partial charge is 0.356 e. The zero-order valence-electron chi connectivity index (χ0n) is 14.1. The monoisotopic (exact) mass is 370 g/mol. The van der Waals surface area contributed by atoms with Crippen molar-refractivity contribution in [3.8, 4) is 0 Å². The number of hydrogen-bond donors (Lipinski definition) is 3. The molecule has 0 atom stereocenters. The second-order valence-electron chi connectivity index (χ2n) is 6.31. The molecule has 1 fully saturated rings. The Hall–Kier alpha value is -2.80. The maximum atomic E-state index is 12.2. The number of aromatic nitrogens is 3. The number of anilines is 2. The Morgan fingerprint density at radius 2 is 2.08 bits per heavy atom. The van der Waals surface area contributed by atoms with E-state index in [1.165, 1.54) is 0 Å². The van der Waals surface area contributed by atoms with Crippen LogP contribution in [0.3, 0.4) is 0 Å². The van der Waals surface area contributed by atoms with E-state index in [2.05, 4.69) is 30.5 Å². The van der Waals surface area contributed by atoms with Gasteiger partial charge in [-0.05, 0) is 37.1 Å². The molecule has 3 aromatic rings. The first-order valence-electron chi connectivity index (χ1n) is 8.55. The predicted octanol–water partition coefficient (Wildman–Crippen LogP) is 3.40. The van der Waals surface area contributed by atoms with Crippen LogP contribution in [0.1, 0.15) is 12.8 Å². The number of nitrogens with zero attached hydrogens (tertiary/aromatic N) is 3. The maximum Gasteiger partial charge on any atom is 0.319 e. The molecule has 0 saturated carbocycles. The third-order valence-corrected chi connectivity index (χ3v) is 4.78. The summed E-state index contributed by atoms with van der Waals surface area (Å²) in [5.41, 5.74) is 1.53. The van der Waals surface area contributed by atoms with Crippen LogP contribution in [-0.4, -0.2) is 40.1 Å². The van der Waals surface area contributed by atoms with Crippen LogP contribution in [0.25, 0.3) is 11.0 Å². The number of rotatable bonds is 3. The highest BCUT2D eigenvalue weighted by atomic mass is 35.5. The van der Waals surface area contributed by atoms with Crippen LogP contribution in [-0.2, 0) is 0 Å². The number of urea groups is 1. The van der Waals surface area contributed by atoms with Gasteiger partial charge in [0.2, 0.25) is 0 Å². The van der Waals surface area contributed by atoms with Gasteiger partial charge in [-0.25, -0.2) is 14.8 Å². The number of H-pyrrole nitrogens is 1. The summed E-state index contributed by atoms with van der Waals surface area (Å²) in [6.07, 6.45) is 5.17. The van der Waals surface area contributed by atoms with Crippen molar-refractivity contribution in [3.05, 3.63) is 47.9 Å². The molecule has 8 heteroatoms. The Morgan fingerprint density at radius 3 is 2.88 bits per heavy atom. The number of fused-ring (bicyclic) bond motifs is 1. The van der Waals surface area contributed by atoms with E-state index in [1.54, 1.807) is 24.5 Å². The van der Waals surface area contributed by atoms with Crippen LogP contribution in [0.5, 0.6) is 0 Å². The van der Waals surface area contributed by atoms with Crippen molar-refractivity contribution < 1.29 is 4.79 Å². The Labute approximate surface area is 155 Å². The molecule has 0 radical (unpaired) electrons. The van der Waals surface area contributed by atoms with Gasteiger partial charge in [0.05, 0.1) is 5.39 Å². The van der Waals surface area contributed by atoms with Crippen LogP contribution >= 0.6 is 11.6 Å². The SMILES string of the molecule is O=C(Nc1cccc(Cl)c1)NC1CCN(c2ncnc3[nH]ccc23)CC1. The normalized spacial score (nSPS) is 15.2. The fraction of sp³-hybridized carbons (Fsp3) is 0.278. The van der Waals surface area contributed by atoms with Crippen LogP contribution in [0, 0.1) is 0 Å². The average molecular weight is 371 g/mol. The number of halogens is 1.